The minimum atomic E-state index is -1.16. The van der Waals surface area contributed by atoms with Crippen LogP contribution in [-0.4, -0.2) is 43.9 Å². The molecule has 0 saturated carbocycles. The standard InChI is InChI=1S/C39H39N3O4S3/c1-3-5-6-9-22-41-31-11-8-7-10-29(31)19-20-30-23-27(18-21-32(30)41)15-12-26-13-16-28(17-14-26)24-33-36(45)42(25-34(43)44)38(48-33)35-37(46)40(4-2)39(47)49-35/h7-8,10-18,21,23-24H,3-6,9,19-20,22,25H2,1-2H3,(H,43,44)/b15-12+,33-24+,38-35+. The first-order valence-corrected chi connectivity index (χ1v) is 18.8. The number of anilines is 2. The average Bonchev–Trinajstić information content (AvgIpc) is 3.49. The number of aliphatic carboxylic acids is 1. The van der Waals surface area contributed by atoms with Crippen LogP contribution in [0.2, 0.25) is 0 Å². The van der Waals surface area contributed by atoms with Gasteiger partial charge in [0.1, 0.15) is 20.4 Å². The third-order valence-electron chi connectivity index (χ3n) is 8.84. The number of carbonyl (C=O) groups is 2. The first kappa shape index (κ1) is 34.6. The van der Waals surface area contributed by atoms with Crippen LogP contribution in [-0.2, 0) is 29.0 Å². The first-order chi connectivity index (χ1) is 23.8. The Hall–Kier alpha value is -4.25. The molecule has 0 aliphatic carbocycles. The van der Waals surface area contributed by atoms with Crippen molar-refractivity contribution < 1.29 is 14.7 Å². The van der Waals surface area contributed by atoms with Crippen molar-refractivity contribution in [1.29, 1.82) is 0 Å². The summed E-state index contributed by atoms with van der Waals surface area (Å²) in [5, 5.41) is 9.49. The van der Waals surface area contributed by atoms with Crippen molar-refractivity contribution in [2.45, 2.75) is 58.9 Å². The summed E-state index contributed by atoms with van der Waals surface area (Å²) in [4.78, 5) is 42.2. The van der Waals surface area contributed by atoms with E-state index in [9.17, 15) is 19.5 Å². The van der Waals surface area contributed by atoms with Gasteiger partial charge in [-0.05, 0) is 78.3 Å². The van der Waals surface area contributed by atoms with E-state index in [1.165, 1.54) is 53.1 Å². The van der Waals surface area contributed by atoms with Crippen LogP contribution in [0.3, 0.4) is 0 Å². The molecule has 6 rings (SSSR count). The Kier molecular flexibility index (Phi) is 11.0. The second-order valence-corrected chi connectivity index (χ2v) is 14.9. The van der Waals surface area contributed by atoms with Crippen LogP contribution in [0.1, 0.15) is 67.3 Å². The molecule has 1 amide bonds. The van der Waals surface area contributed by atoms with Gasteiger partial charge in [0.15, 0.2) is 0 Å². The molecule has 2 aliphatic rings. The number of fused-ring (bicyclic) bond motifs is 2. The lowest BCUT2D eigenvalue weighted by molar-refractivity contribution is -0.137. The number of hydrogen-bond donors (Lipinski definition) is 1. The van der Waals surface area contributed by atoms with Gasteiger partial charge < -0.3 is 10.0 Å². The number of thiazole rings is 1. The zero-order valence-electron chi connectivity index (χ0n) is 27.7. The lowest BCUT2D eigenvalue weighted by Gasteiger charge is -2.27. The fourth-order valence-electron chi connectivity index (χ4n) is 6.31. The fourth-order valence-corrected chi connectivity index (χ4v) is 8.95. The van der Waals surface area contributed by atoms with Gasteiger partial charge in [-0.25, -0.2) is 0 Å². The quantitative estimate of drug-likeness (QED) is 0.104. The number of nitrogens with zero attached hydrogens (tertiary/aromatic N) is 3. The number of aryl methyl sites for hydroxylation is 2. The molecule has 1 saturated heterocycles. The van der Waals surface area contributed by atoms with Crippen molar-refractivity contribution in [3.05, 3.63) is 114 Å². The van der Waals surface area contributed by atoms with Crippen LogP contribution in [0.25, 0.3) is 23.1 Å². The molecule has 2 aliphatic heterocycles. The molecule has 10 heteroatoms. The predicted octanol–water partition coefficient (Wildman–Crippen LogP) is 6.80. The minimum Gasteiger partial charge on any atom is -0.480 e. The van der Waals surface area contributed by atoms with Gasteiger partial charge in [0.2, 0.25) is 0 Å². The highest BCUT2D eigenvalue weighted by Gasteiger charge is 2.33. The fraction of sp³-hybridized carbons (Fsp3) is 0.282. The lowest BCUT2D eigenvalue weighted by Crippen LogP contribution is -2.35. The van der Waals surface area contributed by atoms with Gasteiger partial charge in [-0.15, -0.1) is 11.3 Å². The van der Waals surface area contributed by atoms with E-state index in [0.717, 1.165) is 63.7 Å². The van der Waals surface area contributed by atoms with Crippen molar-refractivity contribution in [1.82, 2.24) is 9.47 Å². The maximum Gasteiger partial charge on any atom is 0.323 e. The van der Waals surface area contributed by atoms with Gasteiger partial charge in [0.25, 0.3) is 11.5 Å². The number of benzene rings is 3. The molecule has 0 bridgehead atoms. The highest BCUT2D eigenvalue weighted by Crippen LogP contribution is 2.37. The Morgan fingerprint density at radius 1 is 0.857 bits per heavy atom. The van der Waals surface area contributed by atoms with Gasteiger partial charge in [0.05, 0.1) is 4.53 Å². The second kappa shape index (κ2) is 15.5. The number of carbonyl (C=O) groups excluding carboxylic acids is 1. The van der Waals surface area contributed by atoms with Crippen molar-refractivity contribution >= 4 is 86.0 Å². The van der Waals surface area contributed by atoms with E-state index in [0.29, 0.717) is 20.1 Å². The number of aromatic nitrogens is 1. The lowest BCUT2D eigenvalue weighted by atomic mass is 10.0. The zero-order valence-corrected chi connectivity index (χ0v) is 30.1. The molecule has 4 aromatic rings. The van der Waals surface area contributed by atoms with Crippen molar-refractivity contribution in [2.24, 2.45) is 0 Å². The Morgan fingerprint density at radius 3 is 2.29 bits per heavy atom. The van der Waals surface area contributed by atoms with Gasteiger partial charge in [-0.2, -0.15) is 0 Å². The van der Waals surface area contributed by atoms with Crippen LogP contribution >= 0.6 is 35.3 Å². The van der Waals surface area contributed by atoms with Crippen molar-refractivity contribution in [3.8, 4) is 0 Å². The third-order valence-corrected chi connectivity index (χ3v) is 11.5. The molecule has 0 spiro atoms. The van der Waals surface area contributed by atoms with Gasteiger partial charge in [0, 0.05) is 24.5 Å². The molecule has 49 heavy (non-hydrogen) atoms. The zero-order chi connectivity index (χ0) is 34.5. The molecule has 1 fully saturated rings. The highest BCUT2D eigenvalue weighted by atomic mass is 32.2. The first-order valence-electron chi connectivity index (χ1n) is 16.7. The van der Waals surface area contributed by atoms with E-state index in [-0.39, 0.29) is 10.8 Å². The molecular formula is C39H39N3O4S3. The Labute approximate surface area is 299 Å². The summed E-state index contributed by atoms with van der Waals surface area (Å²) in [6, 6.07) is 23.4. The van der Waals surface area contributed by atoms with E-state index in [4.69, 9.17) is 12.2 Å². The molecule has 252 valence electrons. The van der Waals surface area contributed by atoms with E-state index < -0.39 is 18.1 Å². The predicted molar refractivity (Wildman–Crippen MR) is 207 cm³/mol. The van der Waals surface area contributed by atoms with E-state index in [1.54, 1.807) is 6.08 Å². The maximum atomic E-state index is 13.3. The summed E-state index contributed by atoms with van der Waals surface area (Å²) in [7, 11) is 0. The van der Waals surface area contributed by atoms with Crippen LogP contribution in [0.5, 0.6) is 0 Å². The maximum absolute atomic E-state index is 13.3. The van der Waals surface area contributed by atoms with Crippen LogP contribution < -0.4 is 19.7 Å². The SMILES string of the molecule is CCCCCCN1c2ccccc2CCc2cc(/C=C/c3ccc(/C=c4/s/c(=C5/SC(=S)N(CC)C5=O)n(CC(=O)O)c4=O)cc3)ccc21. The smallest absolute Gasteiger partial charge is 0.323 e. The summed E-state index contributed by atoms with van der Waals surface area (Å²) in [5.74, 6) is -1.46. The van der Waals surface area contributed by atoms with E-state index >= 15 is 0 Å². The Balaban J connectivity index is 1.24. The number of para-hydroxylation sites is 1. The van der Waals surface area contributed by atoms with Gasteiger partial charge in [-0.1, -0.05) is 111 Å². The molecule has 0 atom stereocenters. The topological polar surface area (TPSA) is 82.8 Å². The molecule has 3 aromatic carbocycles. The summed E-state index contributed by atoms with van der Waals surface area (Å²) >= 11 is 7.56. The second-order valence-electron chi connectivity index (χ2n) is 12.2. The normalized spacial score (nSPS) is 16.0. The largest absolute Gasteiger partial charge is 0.480 e. The minimum absolute atomic E-state index is 0.289. The average molecular weight is 710 g/mol. The molecule has 1 N–H and O–H groups in total. The molecule has 0 unspecified atom stereocenters. The molecule has 0 radical (unpaired) electrons. The van der Waals surface area contributed by atoms with Crippen molar-refractivity contribution in [2.75, 3.05) is 18.0 Å². The number of amides is 1. The third kappa shape index (κ3) is 7.66. The molecular weight excluding hydrogens is 671 g/mol. The van der Waals surface area contributed by atoms with Crippen LogP contribution in [0.15, 0.2) is 71.5 Å². The van der Waals surface area contributed by atoms with Crippen LogP contribution in [0, 0.1) is 0 Å². The van der Waals surface area contributed by atoms with Gasteiger partial charge in [-0.3, -0.25) is 23.9 Å². The molecule has 3 heterocycles. The molecule has 1 aromatic heterocycles. The van der Waals surface area contributed by atoms with Crippen LogP contribution in [0.4, 0.5) is 11.4 Å². The highest BCUT2D eigenvalue weighted by molar-refractivity contribution is 8.30. The number of thiocarbonyl (C=S) groups is 1. The summed E-state index contributed by atoms with van der Waals surface area (Å²) in [5.41, 5.74) is 7.92. The number of thioether (sulfide) groups is 1. The Bertz CT molecular complexity index is 2110. The molecule has 7 nitrogen and oxygen atoms in total. The number of rotatable bonds is 11. The summed E-state index contributed by atoms with van der Waals surface area (Å²) < 4.78 is 2.22. The Morgan fingerprint density at radius 2 is 1.55 bits per heavy atom. The van der Waals surface area contributed by atoms with E-state index in [2.05, 4.69) is 66.4 Å². The van der Waals surface area contributed by atoms with E-state index in [1.807, 2.05) is 31.2 Å². The number of hydrogen-bond acceptors (Lipinski definition) is 7. The monoisotopic (exact) mass is 709 g/mol. The number of carboxylic acids is 1. The van der Waals surface area contributed by atoms with Crippen molar-refractivity contribution in [3.63, 3.8) is 0 Å². The summed E-state index contributed by atoms with van der Waals surface area (Å²) in [6.45, 7) is 4.96. The summed E-state index contributed by atoms with van der Waals surface area (Å²) in [6.07, 6.45) is 12.9. The number of carboxylic acid groups (broad SMARTS) is 1. The number of unbranched alkanes of at least 4 members (excludes halogenated alkanes) is 3. The van der Waals surface area contributed by atoms with Gasteiger partial charge >= 0.3 is 5.97 Å².